The van der Waals surface area contributed by atoms with Crippen molar-refractivity contribution in [3.8, 4) is 11.4 Å². The molecule has 8 heteroatoms. The normalized spacial score (nSPS) is 23.9. The smallest absolute Gasteiger partial charge is 0.244 e. The lowest BCUT2D eigenvalue weighted by molar-refractivity contribution is -0.123. The van der Waals surface area contributed by atoms with E-state index in [1.54, 1.807) is 0 Å². The summed E-state index contributed by atoms with van der Waals surface area (Å²) in [5.41, 5.74) is 1.62. The van der Waals surface area contributed by atoms with E-state index >= 15 is 0 Å². The summed E-state index contributed by atoms with van der Waals surface area (Å²) >= 11 is 0. The van der Waals surface area contributed by atoms with Crippen LogP contribution in [0.4, 0.5) is 5.69 Å². The monoisotopic (exact) mass is 328 g/mol. The third kappa shape index (κ3) is 3.02. The summed E-state index contributed by atoms with van der Waals surface area (Å²) in [6.07, 6.45) is 2.07. The van der Waals surface area contributed by atoms with E-state index in [1.165, 1.54) is 0 Å². The molecule has 2 fully saturated rings. The molecule has 0 radical (unpaired) electrons. The minimum absolute atomic E-state index is 0.0962. The summed E-state index contributed by atoms with van der Waals surface area (Å²) in [6, 6.07) is 7.66. The summed E-state index contributed by atoms with van der Waals surface area (Å²) in [5.74, 6) is 0.641. The molecule has 1 saturated carbocycles. The average Bonchev–Trinajstić information content (AvgIpc) is 3.32. The van der Waals surface area contributed by atoms with Crippen molar-refractivity contribution in [2.75, 3.05) is 18.5 Å². The van der Waals surface area contributed by atoms with E-state index in [9.17, 15) is 4.79 Å². The second-order valence-corrected chi connectivity index (χ2v) is 6.26. The zero-order chi connectivity index (χ0) is 16.5. The van der Waals surface area contributed by atoms with Gasteiger partial charge in [0.2, 0.25) is 5.91 Å². The quantitative estimate of drug-likeness (QED) is 0.869. The minimum atomic E-state index is -0.348. The van der Waals surface area contributed by atoms with Gasteiger partial charge in [-0.05, 0) is 42.3 Å². The highest BCUT2D eigenvalue weighted by Gasteiger charge is 2.29. The third-order valence-electron chi connectivity index (χ3n) is 4.37. The molecule has 1 saturated heterocycles. The second-order valence-electron chi connectivity index (χ2n) is 6.26. The van der Waals surface area contributed by atoms with Crippen LogP contribution in [0.5, 0.6) is 0 Å². The molecule has 1 aliphatic heterocycles. The highest BCUT2D eigenvalue weighted by molar-refractivity contribution is 5.95. The van der Waals surface area contributed by atoms with Crippen molar-refractivity contribution < 1.29 is 9.53 Å². The molecule has 2 N–H and O–H groups in total. The number of anilines is 1. The predicted molar refractivity (Wildman–Crippen MR) is 87.4 cm³/mol. The van der Waals surface area contributed by atoms with Gasteiger partial charge < -0.3 is 15.4 Å². The molecule has 24 heavy (non-hydrogen) atoms. The fourth-order valence-electron chi connectivity index (χ4n) is 2.93. The largest absolute Gasteiger partial charge is 0.375 e. The number of aromatic nitrogens is 4. The first-order chi connectivity index (χ1) is 11.7. The fraction of sp³-hybridized carbons (Fsp3) is 0.500. The van der Waals surface area contributed by atoms with Crippen molar-refractivity contribution >= 4 is 11.6 Å². The lowest BCUT2D eigenvalue weighted by atomic mass is 10.1. The van der Waals surface area contributed by atoms with Crippen molar-refractivity contribution in [1.82, 2.24) is 25.5 Å². The molecule has 1 amide bonds. The van der Waals surface area contributed by atoms with E-state index < -0.39 is 0 Å². The highest BCUT2D eigenvalue weighted by Crippen LogP contribution is 2.36. The number of benzene rings is 1. The van der Waals surface area contributed by atoms with Gasteiger partial charge in [-0.25, -0.2) is 4.68 Å². The van der Waals surface area contributed by atoms with E-state index in [0.717, 1.165) is 29.9 Å². The van der Waals surface area contributed by atoms with E-state index in [2.05, 4.69) is 26.2 Å². The van der Waals surface area contributed by atoms with Crippen molar-refractivity contribution in [1.29, 1.82) is 0 Å². The van der Waals surface area contributed by atoms with Gasteiger partial charge in [0, 0.05) is 17.8 Å². The maximum Gasteiger partial charge on any atom is 0.244 e. The maximum atomic E-state index is 12.5. The van der Waals surface area contributed by atoms with E-state index in [0.29, 0.717) is 19.2 Å². The average molecular weight is 328 g/mol. The molecule has 2 heterocycles. The summed E-state index contributed by atoms with van der Waals surface area (Å²) < 4.78 is 7.39. The molecule has 2 aliphatic rings. The number of nitrogens with zero attached hydrogens (tertiary/aromatic N) is 4. The van der Waals surface area contributed by atoms with Gasteiger partial charge in [0.15, 0.2) is 5.82 Å². The van der Waals surface area contributed by atoms with E-state index in [4.69, 9.17) is 4.74 Å². The predicted octanol–water partition coefficient (Wildman–Crippen LogP) is 0.990. The van der Waals surface area contributed by atoms with Crippen LogP contribution in [0.15, 0.2) is 24.3 Å². The Kier molecular flexibility index (Phi) is 3.99. The molecular weight excluding hydrogens is 308 g/mol. The van der Waals surface area contributed by atoms with Gasteiger partial charge in [-0.2, -0.15) is 0 Å². The van der Waals surface area contributed by atoms with Gasteiger partial charge in [0.1, 0.15) is 6.04 Å². The van der Waals surface area contributed by atoms with Gasteiger partial charge in [0.25, 0.3) is 0 Å². The Labute approximate surface area is 139 Å². The topological polar surface area (TPSA) is 94.0 Å². The standard InChI is InChI=1S/C16H20N6O2/c1-10-14(17-7-8-24-10)16(23)18-12-4-2-3-11(9-12)15-19-20-21-22(15)13-5-6-13/h2-4,9-10,13-14,17H,5-8H2,1H3,(H,18,23)/t10-,14+/m1/s1. The molecule has 2 aromatic rings. The summed E-state index contributed by atoms with van der Waals surface area (Å²) in [4.78, 5) is 12.5. The number of carbonyl (C=O) groups excluding carboxylic acids is 1. The van der Waals surface area contributed by atoms with Crippen LogP contribution in [0.25, 0.3) is 11.4 Å². The molecule has 0 bridgehead atoms. The SMILES string of the molecule is C[C@H]1OCCN[C@@H]1C(=O)Nc1cccc(-c2nnnn2C2CC2)c1. The molecule has 1 aromatic heterocycles. The Hall–Kier alpha value is -2.32. The lowest BCUT2D eigenvalue weighted by Crippen LogP contribution is -2.53. The Morgan fingerprint density at radius 3 is 3.08 bits per heavy atom. The summed E-state index contributed by atoms with van der Waals surface area (Å²) in [7, 11) is 0. The van der Waals surface area contributed by atoms with E-state index in [1.807, 2.05) is 35.9 Å². The van der Waals surface area contributed by atoms with Crippen LogP contribution in [0, 0.1) is 0 Å². The number of hydrogen-bond acceptors (Lipinski definition) is 6. The first-order valence-corrected chi connectivity index (χ1v) is 8.26. The number of rotatable bonds is 4. The Bertz CT molecular complexity index is 742. The zero-order valence-corrected chi connectivity index (χ0v) is 13.5. The fourth-order valence-corrected chi connectivity index (χ4v) is 2.93. The number of ether oxygens (including phenoxy) is 1. The number of nitrogens with one attached hydrogen (secondary N) is 2. The van der Waals surface area contributed by atoms with Crippen LogP contribution in [0.1, 0.15) is 25.8 Å². The van der Waals surface area contributed by atoms with Crippen molar-refractivity contribution in [3.63, 3.8) is 0 Å². The number of morpholine rings is 1. The van der Waals surface area contributed by atoms with Crippen molar-refractivity contribution in [2.45, 2.75) is 38.0 Å². The van der Waals surface area contributed by atoms with E-state index in [-0.39, 0.29) is 18.1 Å². The number of tetrazole rings is 1. The molecule has 4 rings (SSSR count). The molecule has 1 aliphatic carbocycles. The van der Waals surface area contributed by atoms with Crippen LogP contribution in [0.2, 0.25) is 0 Å². The molecule has 2 atom stereocenters. The van der Waals surface area contributed by atoms with Gasteiger partial charge in [-0.1, -0.05) is 12.1 Å². The van der Waals surface area contributed by atoms with Gasteiger partial charge in [-0.3, -0.25) is 4.79 Å². The summed E-state index contributed by atoms with van der Waals surface area (Å²) in [6.45, 7) is 3.21. The first kappa shape index (κ1) is 15.2. The Balaban J connectivity index is 1.52. The van der Waals surface area contributed by atoms with Crippen LogP contribution < -0.4 is 10.6 Å². The van der Waals surface area contributed by atoms with Gasteiger partial charge in [0.05, 0.1) is 18.8 Å². The molecule has 0 unspecified atom stereocenters. The van der Waals surface area contributed by atoms with Crippen molar-refractivity contribution in [2.24, 2.45) is 0 Å². The van der Waals surface area contributed by atoms with Crippen LogP contribution >= 0.6 is 0 Å². The number of hydrogen-bond donors (Lipinski definition) is 2. The van der Waals surface area contributed by atoms with Crippen LogP contribution in [-0.4, -0.2) is 51.4 Å². The van der Waals surface area contributed by atoms with Gasteiger partial charge >= 0.3 is 0 Å². The van der Waals surface area contributed by atoms with Crippen LogP contribution in [-0.2, 0) is 9.53 Å². The highest BCUT2D eigenvalue weighted by atomic mass is 16.5. The second kappa shape index (κ2) is 6.29. The molecule has 8 nitrogen and oxygen atoms in total. The third-order valence-corrected chi connectivity index (χ3v) is 4.37. The lowest BCUT2D eigenvalue weighted by Gasteiger charge is -2.29. The number of amides is 1. The molecule has 0 spiro atoms. The molecule has 126 valence electrons. The maximum absolute atomic E-state index is 12.5. The first-order valence-electron chi connectivity index (χ1n) is 8.26. The number of carbonyl (C=O) groups is 1. The Morgan fingerprint density at radius 1 is 1.42 bits per heavy atom. The molecular formula is C16H20N6O2. The van der Waals surface area contributed by atoms with Crippen LogP contribution in [0.3, 0.4) is 0 Å². The van der Waals surface area contributed by atoms with Gasteiger partial charge in [-0.15, -0.1) is 5.10 Å². The molecule has 1 aromatic carbocycles. The van der Waals surface area contributed by atoms with Crippen molar-refractivity contribution in [3.05, 3.63) is 24.3 Å². The minimum Gasteiger partial charge on any atom is -0.375 e. The zero-order valence-electron chi connectivity index (χ0n) is 13.5. The Morgan fingerprint density at radius 2 is 2.29 bits per heavy atom. The summed E-state index contributed by atoms with van der Waals surface area (Å²) in [5, 5.41) is 18.1.